The van der Waals surface area contributed by atoms with Gasteiger partial charge in [-0.1, -0.05) is 13.3 Å². The van der Waals surface area contributed by atoms with Crippen molar-refractivity contribution in [3.05, 3.63) is 30.7 Å². The molecule has 1 rings (SSSR count). The summed E-state index contributed by atoms with van der Waals surface area (Å²) in [5.41, 5.74) is 1.34. The zero-order chi connectivity index (χ0) is 7.82. The Labute approximate surface area is 122 Å². The van der Waals surface area contributed by atoms with Crippen LogP contribution >= 0.6 is 0 Å². The molecule has 0 unspecified atom stereocenters. The van der Waals surface area contributed by atoms with Gasteiger partial charge in [0.15, 0.2) is 0 Å². The fraction of sp³-hybridized carbons (Fsp3) is 0.500. The fourth-order valence-corrected chi connectivity index (χ4v) is 0.499. The minimum atomic E-state index is 0. The van der Waals surface area contributed by atoms with Crippen molar-refractivity contribution < 1.29 is 58.9 Å². The Morgan fingerprint density at radius 3 is 1.86 bits per heavy atom. The predicted octanol–water partition coefficient (Wildman–Crippen LogP) is -5.67. The van der Waals surface area contributed by atoms with Gasteiger partial charge in [-0.2, -0.15) is 12.5 Å². The van der Waals surface area contributed by atoms with Crippen LogP contribution in [-0.2, 0) is 21.7 Å². The monoisotopic (exact) mass is 289 g/mol. The third-order valence-corrected chi connectivity index (χ3v) is 1.23. The summed E-state index contributed by atoms with van der Waals surface area (Å²) >= 11 is 0. The third-order valence-electron chi connectivity index (χ3n) is 1.23. The molecule has 0 nitrogen and oxygen atoms in total. The number of allylic oxidation sites excluding steroid dienone is 4. The zero-order valence-corrected chi connectivity index (χ0v) is 12.4. The summed E-state index contributed by atoms with van der Waals surface area (Å²) < 4.78 is 0. The van der Waals surface area contributed by atoms with E-state index in [9.17, 15) is 0 Å². The minimum absolute atomic E-state index is 0. The standard InChI is InChI=1S/C6H7.C4H9.3ClH.Ti/c1-6-4-2-3-5-6;1-3-4-2;;;;/h4-5H,2H2,1H3;1,3-4H2,2H3;3*1H;/q2*-1;;;;+3/p-3. The van der Waals surface area contributed by atoms with Crippen LogP contribution in [0, 0.1) is 13.0 Å². The molecule has 1 radical (unpaired) electrons. The van der Waals surface area contributed by atoms with Crippen molar-refractivity contribution in [2.45, 2.75) is 33.1 Å². The topological polar surface area (TPSA) is 0 Å². The van der Waals surface area contributed by atoms with Crippen molar-refractivity contribution >= 4 is 0 Å². The Morgan fingerprint density at radius 1 is 1.36 bits per heavy atom. The van der Waals surface area contributed by atoms with Crippen molar-refractivity contribution in [2.24, 2.45) is 0 Å². The molecule has 0 spiro atoms. The number of halogens is 3. The van der Waals surface area contributed by atoms with Crippen LogP contribution < -0.4 is 37.2 Å². The second-order valence-electron chi connectivity index (χ2n) is 2.35. The van der Waals surface area contributed by atoms with Crippen LogP contribution in [0.2, 0.25) is 0 Å². The van der Waals surface area contributed by atoms with Gasteiger partial charge in [-0.3, -0.25) is 6.08 Å². The molecule has 0 aromatic rings. The molecule has 0 saturated carbocycles. The molecule has 0 saturated heterocycles. The first-order valence-electron chi connectivity index (χ1n) is 3.83. The van der Waals surface area contributed by atoms with Crippen molar-refractivity contribution in [3.8, 4) is 0 Å². The Balaban J connectivity index is -0.0000000315. The van der Waals surface area contributed by atoms with Crippen LogP contribution in [0.3, 0.4) is 0 Å². The van der Waals surface area contributed by atoms with Crippen LogP contribution in [0.15, 0.2) is 17.7 Å². The molecule has 0 heterocycles. The van der Waals surface area contributed by atoms with Crippen molar-refractivity contribution in [2.75, 3.05) is 0 Å². The van der Waals surface area contributed by atoms with E-state index in [0.717, 1.165) is 12.8 Å². The molecule has 1 aliphatic carbocycles. The van der Waals surface area contributed by atoms with E-state index in [1.54, 1.807) is 0 Å². The Morgan fingerprint density at radius 2 is 1.79 bits per heavy atom. The van der Waals surface area contributed by atoms with Crippen LogP contribution in [0.25, 0.3) is 0 Å². The number of rotatable bonds is 1. The van der Waals surface area contributed by atoms with Gasteiger partial charge in [0.1, 0.15) is 0 Å². The van der Waals surface area contributed by atoms with E-state index >= 15 is 0 Å². The Bertz CT molecular complexity index is 129. The average molecular weight is 290 g/mol. The zero-order valence-electron chi connectivity index (χ0n) is 8.62. The van der Waals surface area contributed by atoms with E-state index in [4.69, 9.17) is 0 Å². The van der Waals surface area contributed by atoms with E-state index < -0.39 is 0 Å². The summed E-state index contributed by atoms with van der Waals surface area (Å²) in [4.78, 5) is 0. The molecule has 0 bridgehead atoms. The van der Waals surface area contributed by atoms with Crippen LogP contribution in [0.1, 0.15) is 33.1 Å². The minimum Gasteiger partial charge on any atom is -1.00 e. The number of hydrogen-bond donors (Lipinski definition) is 0. The van der Waals surface area contributed by atoms with Crippen LogP contribution in [-0.4, -0.2) is 0 Å². The molecule has 83 valence electrons. The van der Waals surface area contributed by atoms with Gasteiger partial charge in [0.05, 0.1) is 0 Å². The van der Waals surface area contributed by atoms with Gasteiger partial charge < -0.3 is 44.1 Å². The molecular formula is C10H16Cl3Ti-2. The second-order valence-corrected chi connectivity index (χ2v) is 2.35. The van der Waals surface area contributed by atoms with Gasteiger partial charge in [0.2, 0.25) is 0 Å². The van der Waals surface area contributed by atoms with E-state index in [2.05, 4.69) is 32.9 Å². The first-order valence-corrected chi connectivity index (χ1v) is 3.83. The summed E-state index contributed by atoms with van der Waals surface area (Å²) in [5.74, 6) is 0. The van der Waals surface area contributed by atoms with Crippen molar-refractivity contribution in [3.63, 3.8) is 0 Å². The van der Waals surface area contributed by atoms with Crippen molar-refractivity contribution in [1.82, 2.24) is 0 Å². The number of unbranched alkanes of at least 4 members (excludes halogenated alkanes) is 1. The molecule has 14 heavy (non-hydrogen) atoms. The van der Waals surface area contributed by atoms with E-state index in [1.165, 1.54) is 12.0 Å². The summed E-state index contributed by atoms with van der Waals surface area (Å²) in [6, 6.07) is 0. The van der Waals surface area contributed by atoms with Crippen LogP contribution in [0.4, 0.5) is 0 Å². The Kier molecular flexibility index (Phi) is 49.8. The van der Waals surface area contributed by atoms with E-state index in [-0.39, 0.29) is 58.9 Å². The normalized spacial score (nSPS) is 10.1. The molecule has 0 aromatic carbocycles. The molecule has 4 heteroatoms. The van der Waals surface area contributed by atoms with E-state index in [0.29, 0.717) is 0 Å². The quantitative estimate of drug-likeness (QED) is 0.334. The SMILES string of the molecule is CC1=CC[C-]=C1.[CH2-]CCC.[Cl-].[Cl-].[Cl-].[Ti+3]. The maximum Gasteiger partial charge on any atom is 3.00 e. The van der Waals surface area contributed by atoms with Gasteiger partial charge in [-0.15, -0.1) is 13.3 Å². The summed E-state index contributed by atoms with van der Waals surface area (Å²) in [6.45, 7) is 7.81. The van der Waals surface area contributed by atoms with Crippen molar-refractivity contribution in [1.29, 1.82) is 0 Å². The maximum atomic E-state index is 3.60. The molecule has 0 N–H and O–H groups in total. The molecular weight excluding hydrogens is 274 g/mol. The van der Waals surface area contributed by atoms with Crippen LogP contribution in [0.5, 0.6) is 0 Å². The number of hydrogen-bond acceptors (Lipinski definition) is 0. The van der Waals surface area contributed by atoms with Gasteiger partial charge in [0, 0.05) is 0 Å². The van der Waals surface area contributed by atoms with Gasteiger partial charge in [0.25, 0.3) is 0 Å². The maximum absolute atomic E-state index is 3.60. The molecule has 0 aromatic heterocycles. The first kappa shape index (κ1) is 29.4. The van der Waals surface area contributed by atoms with Gasteiger partial charge in [-0.05, 0) is 0 Å². The smallest absolute Gasteiger partial charge is 1.00 e. The molecule has 0 amide bonds. The van der Waals surface area contributed by atoms with E-state index in [1.807, 2.05) is 6.08 Å². The largest absolute Gasteiger partial charge is 3.00 e. The average Bonchev–Trinajstić information content (AvgIpc) is 2.40. The molecule has 0 atom stereocenters. The Hall–Kier alpha value is 1.06. The fourth-order valence-electron chi connectivity index (χ4n) is 0.499. The second kappa shape index (κ2) is 23.7. The summed E-state index contributed by atoms with van der Waals surface area (Å²) in [7, 11) is 0. The van der Waals surface area contributed by atoms with Gasteiger partial charge >= 0.3 is 21.7 Å². The first-order chi connectivity index (χ1) is 4.81. The molecule has 0 fully saturated rings. The van der Waals surface area contributed by atoms with Gasteiger partial charge in [-0.25, -0.2) is 11.6 Å². The predicted molar refractivity (Wildman–Crippen MR) is 46.5 cm³/mol. The molecule has 0 aliphatic heterocycles. The third kappa shape index (κ3) is 23.1. The summed E-state index contributed by atoms with van der Waals surface area (Å²) in [6.07, 6.45) is 10.5. The summed E-state index contributed by atoms with van der Waals surface area (Å²) in [5, 5.41) is 0. The molecule has 1 aliphatic rings.